The van der Waals surface area contributed by atoms with Crippen molar-refractivity contribution in [3.05, 3.63) is 0 Å². The molecule has 0 aliphatic heterocycles. The van der Waals surface area contributed by atoms with E-state index in [4.69, 9.17) is 0 Å². The Hall–Kier alpha value is -0.140. The monoisotopic (exact) mass is 220 g/mol. The van der Waals surface area contributed by atoms with Gasteiger partial charge in [0.2, 0.25) is 5.52 Å². The Morgan fingerprint density at radius 3 is 2.21 bits per heavy atom. The van der Waals surface area contributed by atoms with Crippen molar-refractivity contribution in [2.75, 3.05) is 6.16 Å². The molecule has 0 aromatic carbocycles. The summed E-state index contributed by atoms with van der Waals surface area (Å²) in [6.07, 6.45) is 5.55. The van der Waals surface area contributed by atoms with Gasteiger partial charge in [0, 0.05) is 12.6 Å². The summed E-state index contributed by atoms with van der Waals surface area (Å²) in [4.78, 5) is 20.4. The lowest BCUT2D eigenvalue weighted by molar-refractivity contribution is -0.112. The maximum absolute atomic E-state index is 11.2. The zero-order valence-electron chi connectivity index (χ0n) is 9.16. The average Bonchev–Trinajstić information content (AvgIpc) is 2.17. The van der Waals surface area contributed by atoms with E-state index in [1.165, 1.54) is 12.8 Å². The summed E-state index contributed by atoms with van der Waals surface area (Å²) in [6, 6.07) is 0. The van der Waals surface area contributed by atoms with Gasteiger partial charge in [0.05, 0.1) is 0 Å². The van der Waals surface area contributed by atoms with Crippen molar-refractivity contribution >= 4 is 12.9 Å². The molecule has 3 nitrogen and oxygen atoms in total. The second kappa shape index (κ2) is 7.19. The molecule has 0 bridgehead atoms. The Balaban J connectivity index is 3.60. The minimum Gasteiger partial charge on any atom is -0.339 e. The minimum atomic E-state index is -3.46. The Bertz CT molecular complexity index is 213. The SMILES string of the molecule is CCCCCCCC(=O)P(=O)(O)CC. The number of carbonyl (C=O) groups is 1. The van der Waals surface area contributed by atoms with Crippen LogP contribution < -0.4 is 0 Å². The summed E-state index contributed by atoms with van der Waals surface area (Å²) >= 11 is 0. The maximum atomic E-state index is 11.2. The van der Waals surface area contributed by atoms with Gasteiger partial charge in [-0.05, 0) is 6.42 Å². The predicted molar refractivity (Wildman–Crippen MR) is 58.7 cm³/mol. The highest BCUT2D eigenvalue weighted by atomic mass is 31.2. The first kappa shape index (κ1) is 13.9. The van der Waals surface area contributed by atoms with Gasteiger partial charge in [-0.1, -0.05) is 39.5 Å². The number of hydrogen-bond donors (Lipinski definition) is 1. The van der Waals surface area contributed by atoms with Gasteiger partial charge in [-0.3, -0.25) is 9.36 Å². The molecule has 0 aromatic heterocycles. The van der Waals surface area contributed by atoms with Crippen LogP contribution in [0.15, 0.2) is 0 Å². The standard InChI is InChI=1S/C10H21O3P/c1-3-5-6-7-8-9-10(11)14(12,13)4-2/h3-9H2,1-2H3,(H,12,13). The molecule has 0 aliphatic rings. The summed E-state index contributed by atoms with van der Waals surface area (Å²) in [6.45, 7) is 3.71. The Labute approximate surface area is 86.4 Å². The van der Waals surface area contributed by atoms with E-state index in [-0.39, 0.29) is 12.6 Å². The van der Waals surface area contributed by atoms with Gasteiger partial charge < -0.3 is 4.89 Å². The van der Waals surface area contributed by atoms with E-state index in [1.54, 1.807) is 6.92 Å². The van der Waals surface area contributed by atoms with Crippen molar-refractivity contribution in [3.8, 4) is 0 Å². The Morgan fingerprint density at radius 1 is 1.14 bits per heavy atom. The molecule has 0 rings (SSSR count). The van der Waals surface area contributed by atoms with E-state index in [2.05, 4.69) is 6.92 Å². The first-order valence-corrected chi connectivity index (χ1v) is 7.24. The van der Waals surface area contributed by atoms with Gasteiger partial charge in [-0.25, -0.2) is 0 Å². The molecule has 0 fully saturated rings. The molecule has 1 atom stereocenters. The number of hydrogen-bond acceptors (Lipinski definition) is 2. The summed E-state index contributed by atoms with van der Waals surface area (Å²) in [5.74, 6) is 0. The molecule has 0 amide bonds. The highest BCUT2D eigenvalue weighted by Crippen LogP contribution is 2.42. The van der Waals surface area contributed by atoms with Gasteiger partial charge in [-0.2, -0.15) is 0 Å². The van der Waals surface area contributed by atoms with Gasteiger partial charge in [-0.15, -0.1) is 0 Å². The molecule has 0 spiro atoms. The van der Waals surface area contributed by atoms with Crippen molar-refractivity contribution in [1.82, 2.24) is 0 Å². The van der Waals surface area contributed by atoms with Crippen LogP contribution >= 0.6 is 7.37 Å². The molecule has 1 N–H and O–H groups in total. The van der Waals surface area contributed by atoms with Crippen LogP contribution in [0.1, 0.15) is 52.4 Å². The molecule has 1 unspecified atom stereocenters. The highest BCUT2D eigenvalue weighted by molar-refractivity contribution is 7.75. The van der Waals surface area contributed by atoms with Crippen molar-refractivity contribution in [1.29, 1.82) is 0 Å². The van der Waals surface area contributed by atoms with E-state index in [0.717, 1.165) is 19.3 Å². The lowest BCUT2D eigenvalue weighted by Gasteiger charge is -2.06. The van der Waals surface area contributed by atoms with E-state index in [1.807, 2.05) is 0 Å². The third-order valence-electron chi connectivity index (χ3n) is 2.31. The minimum absolute atomic E-state index is 0.0702. The van der Waals surface area contributed by atoms with Crippen LogP contribution in [0, 0.1) is 0 Å². The maximum Gasteiger partial charge on any atom is 0.263 e. The second-order valence-electron chi connectivity index (χ2n) is 3.58. The van der Waals surface area contributed by atoms with Gasteiger partial charge in [0.25, 0.3) is 7.37 Å². The third-order valence-corrected chi connectivity index (χ3v) is 4.17. The fourth-order valence-corrected chi connectivity index (χ4v) is 2.09. The van der Waals surface area contributed by atoms with E-state index in [0.29, 0.717) is 0 Å². The number of unbranched alkanes of at least 4 members (excludes halogenated alkanes) is 4. The fraction of sp³-hybridized carbons (Fsp3) is 0.900. The highest BCUT2D eigenvalue weighted by Gasteiger charge is 2.24. The first-order valence-electron chi connectivity index (χ1n) is 5.39. The number of carbonyl (C=O) groups excluding carboxylic acids is 1. The zero-order valence-corrected chi connectivity index (χ0v) is 10.1. The molecule has 0 aromatic rings. The lowest BCUT2D eigenvalue weighted by Crippen LogP contribution is -2.01. The summed E-state index contributed by atoms with van der Waals surface area (Å²) in [5.41, 5.74) is -0.448. The van der Waals surface area contributed by atoms with Gasteiger partial charge in [0.15, 0.2) is 0 Å². The van der Waals surface area contributed by atoms with E-state index in [9.17, 15) is 14.3 Å². The van der Waals surface area contributed by atoms with Crippen LogP contribution in [0.4, 0.5) is 0 Å². The molecule has 0 heterocycles. The molecule has 4 heteroatoms. The quantitative estimate of drug-likeness (QED) is 0.505. The topological polar surface area (TPSA) is 54.4 Å². The zero-order chi connectivity index (χ0) is 11.0. The summed E-state index contributed by atoms with van der Waals surface area (Å²) in [7, 11) is -3.46. The van der Waals surface area contributed by atoms with Crippen molar-refractivity contribution in [3.63, 3.8) is 0 Å². The van der Waals surface area contributed by atoms with Crippen LogP contribution in [0.25, 0.3) is 0 Å². The molecule has 0 saturated carbocycles. The second-order valence-corrected chi connectivity index (χ2v) is 6.11. The molecule has 0 saturated heterocycles. The Morgan fingerprint density at radius 2 is 1.71 bits per heavy atom. The largest absolute Gasteiger partial charge is 0.339 e. The average molecular weight is 220 g/mol. The molecule has 0 radical (unpaired) electrons. The predicted octanol–water partition coefficient (Wildman–Crippen LogP) is 3.16. The van der Waals surface area contributed by atoms with E-state index < -0.39 is 12.9 Å². The lowest BCUT2D eigenvalue weighted by atomic mass is 10.1. The molecule has 14 heavy (non-hydrogen) atoms. The molecule has 0 aliphatic carbocycles. The van der Waals surface area contributed by atoms with Crippen molar-refractivity contribution in [2.45, 2.75) is 52.4 Å². The van der Waals surface area contributed by atoms with Crippen LogP contribution in [-0.4, -0.2) is 16.6 Å². The number of rotatable bonds is 8. The van der Waals surface area contributed by atoms with Gasteiger partial charge in [0.1, 0.15) is 0 Å². The van der Waals surface area contributed by atoms with Gasteiger partial charge >= 0.3 is 0 Å². The normalized spacial score (nSPS) is 15.1. The summed E-state index contributed by atoms with van der Waals surface area (Å²) < 4.78 is 11.2. The molecular weight excluding hydrogens is 199 g/mol. The van der Waals surface area contributed by atoms with E-state index >= 15 is 0 Å². The third kappa shape index (κ3) is 5.56. The van der Waals surface area contributed by atoms with Crippen molar-refractivity contribution < 1.29 is 14.3 Å². The van der Waals surface area contributed by atoms with Crippen LogP contribution in [0.3, 0.4) is 0 Å². The van der Waals surface area contributed by atoms with Crippen LogP contribution in [0.2, 0.25) is 0 Å². The van der Waals surface area contributed by atoms with Crippen LogP contribution in [-0.2, 0) is 9.36 Å². The smallest absolute Gasteiger partial charge is 0.263 e. The Kier molecular flexibility index (Phi) is 7.12. The molecular formula is C10H21O3P. The molecule has 84 valence electrons. The summed E-state index contributed by atoms with van der Waals surface area (Å²) in [5, 5.41) is 0. The fourth-order valence-electron chi connectivity index (χ4n) is 1.23. The first-order chi connectivity index (χ1) is 6.54. The van der Waals surface area contributed by atoms with Crippen molar-refractivity contribution in [2.24, 2.45) is 0 Å². The van der Waals surface area contributed by atoms with Crippen LogP contribution in [0.5, 0.6) is 0 Å².